The normalized spacial score (nSPS) is 11.4. The van der Waals surface area contributed by atoms with Crippen LogP contribution in [0.2, 0.25) is 0 Å². The Balaban J connectivity index is 1.93. The molecule has 8 heteroatoms. The van der Waals surface area contributed by atoms with Crippen molar-refractivity contribution in [1.82, 2.24) is 0 Å². The van der Waals surface area contributed by atoms with Crippen molar-refractivity contribution >= 4 is 38.3 Å². The van der Waals surface area contributed by atoms with E-state index < -0.39 is 28.2 Å². The lowest BCUT2D eigenvalue weighted by molar-refractivity contribution is 0.437. The van der Waals surface area contributed by atoms with E-state index in [2.05, 4.69) is 4.99 Å². The first-order valence-corrected chi connectivity index (χ1v) is 8.22. The molecular formula is C20H15B2N3O3. The van der Waals surface area contributed by atoms with Crippen molar-refractivity contribution in [2.45, 2.75) is 0 Å². The molecule has 0 aliphatic rings. The Kier molecular flexibility index (Phi) is 5.13. The Morgan fingerprint density at radius 3 is 1.82 bits per heavy atom. The minimum atomic E-state index is -0.669. The van der Waals surface area contributed by atoms with Crippen LogP contribution in [0.5, 0.6) is 17.2 Å². The SMILES string of the molecule is [B]c1c(O)c([B])c(O)c(C(N)=NC(=N)c2ccc(-c3ccccc3)cc2)c1O. The molecule has 0 spiro atoms. The van der Waals surface area contributed by atoms with E-state index in [0.717, 1.165) is 11.1 Å². The van der Waals surface area contributed by atoms with E-state index in [0.29, 0.717) is 5.56 Å². The third kappa shape index (κ3) is 3.44. The summed E-state index contributed by atoms with van der Waals surface area (Å²) < 4.78 is 0. The van der Waals surface area contributed by atoms with Crippen LogP contribution in [0.15, 0.2) is 59.6 Å². The summed E-state index contributed by atoms with van der Waals surface area (Å²) >= 11 is 0. The Morgan fingerprint density at radius 2 is 1.29 bits per heavy atom. The highest BCUT2D eigenvalue weighted by Crippen LogP contribution is 2.27. The number of nitrogens with two attached hydrogens (primary N) is 1. The largest absolute Gasteiger partial charge is 0.509 e. The number of hydrogen-bond donors (Lipinski definition) is 5. The summed E-state index contributed by atoms with van der Waals surface area (Å²) in [6.07, 6.45) is 0. The van der Waals surface area contributed by atoms with Crippen LogP contribution < -0.4 is 16.7 Å². The van der Waals surface area contributed by atoms with Gasteiger partial charge in [0.25, 0.3) is 0 Å². The van der Waals surface area contributed by atoms with Gasteiger partial charge in [-0.3, -0.25) is 5.41 Å². The van der Waals surface area contributed by atoms with Crippen molar-refractivity contribution in [2.24, 2.45) is 10.7 Å². The molecule has 0 atom stereocenters. The molecule has 3 aromatic rings. The topological polar surface area (TPSA) is 123 Å². The maximum absolute atomic E-state index is 10.1. The molecule has 6 N–H and O–H groups in total. The number of aromatic hydroxyl groups is 3. The standard InChI is InChI=1S/C20H15B2N3O3/c21-14-16(26)13(17(27)15(22)18(14)28)20(24)25-19(23)12-8-6-11(7-9-12)10-4-2-1-3-5-10/h1-9,26-28H,(H3,23,24,25). The van der Waals surface area contributed by atoms with Crippen molar-refractivity contribution in [3.05, 3.63) is 65.7 Å². The maximum atomic E-state index is 10.1. The molecule has 28 heavy (non-hydrogen) atoms. The average molecular weight is 367 g/mol. The molecule has 3 aromatic carbocycles. The molecule has 0 amide bonds. The second kappa shape index (κ2) is 7.52. The third-order valence-electron chi connectivity index (χ3n) is 4.25. The lowest BCUT2D eigenvalue weighted by Crippen LogP contribution is -2.24. The van der Waals surface area contributed by atoms with Gasteiger partial charge in [0.2, 0.25) is 0 Å². The first-order chi connectivity index (χ1) is 13.3. The molecule has 0 bridgehead atoms. The number of nitrogens with zero attached hydrogens (tertiary/aromatic N) is 1. The summed E-state index contributed by atoms with van der Waals surface area (Å²) in [5.41, 5.74) is 7.09. The molecule has 0 heterocycles. The average Bonchev–Trinajstić information content (AvgIpc) is 2.71. The van der Waals surface area contributed by atoms with Gasteiger partial charge in [-0.25, -0.2) is 4.99 Å². The Bertz CT molecular complexity index is 1050. The van der Waals surface area contributed by atoms with Crippen LogP contribution in [0.1, 0.15) is 11.1 Å². The molecule has 3 rings (SSSR count). The third-order valence-corrected chi connectivity index (χ3v) is 4.25. The molecule has 0 aromatic heterocycles. The van der Waals surface area contributed by atoms with E-state index in [1.165, 1.54) is 0 Å². The van der Waals surface area contributed by atoms with Gasteiger partial charge in [-0.1, -0.05) is 54.6 Å². The van der Waals surface area contributed by atoms with E-state index in [4.69, 9.17) is 26.8 Å². The number of amidine groups is 2. The molecule has 0 fully saturated rings. The fourth-order valence-corrected chi connectivity index (χ4v) is 2.69. The summed E-state index contributed by atoms with van der Waals surface area (Å²) in [4.78, 5) is 3.92. The van der Waals surface area contributed by atoms with Crippen LogP contribution in [-0.2, 0) is 0 Å². The Morgan fingerprint density at radius 1 is 0.786 bits per heavy atom. The minimum Gasteiger partial charge on any atom is -0.509 e. The molecule has 0 unspecified atom stereocenters. The zero-order valence-corrected chi connectivity index (χ0v) is 14.7. The van der Waals surface area contributed by atoms with E-state index in [1.807, 2.05) is 42.5 Å². The van der Waals surface area contributed by atoms with Gasteiger partial charge in [0, 0.05) is 5.56 Å². The predicted molar refractivity (Wildman–Crippen MR) is 112 cm³/mol. The summed E-state index contributed by atoms with van der Waals surface area (Å²) in [7, 11) is 11.1. The number of hydrogen-bond acceptors (Lipinski definition) is 4. The van der Waals surface area contributed by atoms with Crippen LogP contribution in [0.25, 0.3) is 11.1 Å². The van der Waals surface area contributed by atoms with Crippen LogP contribution in [0.3, 0.4) is 0 Å². The summed E-state index contributed by atoms with van der Waals surface area (Å²) in [6, 6.07) is 16.9. The van der Waals surface area contributed by atoms with Crippen LogP contribution >= 0.6 is 0 Å². The zero-order valence-electron chi connectivity index (χ0n) is 14.7. The molecular weight excluding hydrogens is 352 g/mol. The number of aliphatic imine (C=N–C) groups is 1. The van der Waals surface area contributed by atoms with Crippen LogP contribution in [-0.4, -0.2) is 42.7 Å². The van der Waals surface area contributed by atoms with Crippen molar-refractivity contribution in [3.63, 3.8) is 0 Å². The smallest absolute Gasteiger partial charge is 0.154 e. The highest BCUT2D eigenvalue weighted by atomic mass is 16.3. The first-order valence-electron chi connectivity index (χ1n) is 8.22. The summed E-state index contributed by atoms with van der Waals surface area (Å²) in [5.74, 6) is -2.56. The van der Waals surface area contributed by atoms with Gasteiger partial charge >= 0.3 is 0 Å². The van der Waals surface area contributed by atoms with Gasteiger partial charge in [-0.05, 0) is 22.1 Å². The van der Waals surface area contributed by atoms with Gasteiger partial charge in [0.15, 0.2) is 5.84 Å². The quantitative estimate of drug-likeness (QED) is 0.267. The minimum absolute atomic E-state index is 0.193. The fourth-order valence-electron chi connectivity index (χ4n) is 2.69. The molecule has 134 valence electrons. The Labute approximate surface area is 164 Å². The van der Waals surface area contributed by atoms with Gasteiger partial charge in [0.05, 0.1) is 5.56 Å². The summed E-state index contributed by atoms with van der Waals surface area (Å²) in [6.45, 7) is 0. The molecule has 0 aliphatic heterocycles. The maximum Gasteiger partial charge on any atom is 0.154 e. The number of rotatable bonds is 3. The molecule has 6 nitrogen and oxygen atoms in total. The van der Waals surface area contributed by atoms with E-state index in [1.54, 1.807) is 12.1 Å². The highest BCUT2D eigenvalue weighted by molar-refractivity contribution is 6.45. The monoisotopic (exact) mass is 367 g/mol. The van der Waals surface area contributed by atoms with Crippen LogP contribution in [0, 0.1) is 5.41 Å². The number of phenolic OH excluding ortho intramolecular Hbond substituents is 3. The fraction of sp³-hybridized carbons (Fsp3) is 0. The first kappa shape index (κ1) is 19.1. The van der Waals surface area contributed by atoms with Crippen molar-refractivity contribution in [2.75, 3.05) is 0 Å². The molecule has 4 radical (unpaired) electrons. The number of benzene rings is 3. The number of phenols is 3. The zero-order chi connectivity index (χ0) is 20.4. The van der Waals surface area contributed by atoms with Crippen molar-refractivity contribution in [1.29, 1.82) is 5.41 Å². The van der Waals surface area contributed by atoms with E-state index in [-0.39, 0.29) is 17.2 Å². The number of nitrogens with one attached hydrogen (secondary N) is 1. The van der Waals surface area contributed by atoms with E-state index in [9.17, 15) is 15.3 Å². The molecule has 0 aliphatic carbocycles. The van der Waals surface area contributed by atoms with Crippen molar-refractivity contribution in [3.8, 4) is 28.4 Å². The lowest BCUT2D eigenvalue weighted by atomic mass is 9.81. The second-order valence-electron chi connectivity index (χ2n) is 6.04. The predicted octanol–water partition coefficient (Wildman–Crippen LogP) is 0.789. The van der Waals surface area contributed by atoms with Gasteiger partial charge in [-0.15, -0.1) is 0 Å². The van der Waals surface area contributed by atoms with Gasteiger partial charge < -0.3 is 21.1 Å². The highest BCUT2D eigenvalue weighted by Gasteiger charge is 2.20. The Hall–Kier alpha value is -3.67. The van der Waals surface area contributed by atoms with Crippen LogP contribution in [0.4, 0.5) is 0 Å². The van der Waals surface area contributed by atoms with Gasteiger partial charge in [0.1, 0.15) is 38.8 Å². The second-order valence-corrected chi connectivity index (χ2v) is 6.04. The van der Waals surface area contributed by atoms with E-state index >= 15 is 0 Å². The molecule has 0 saturated heterocycles. The van der Waals surface area contributed by atoms with Gasteiger partial charge in [-0.2, -0.15) is 0 Å². The molecule has 0 saturated carbocycles. The summed E-state index contributed by atoms with van der Waals surface area (Å²) in [5, 5.41) is 37.9. The van der Waals surface area contributed by atoms with Crippen molar-refractivity contribution < 1.29 is 15.3 Å². The lowest BCUT2D eigenvalue weighted by Gasteiger charge is -2.15.